The van der Waals surface area contributed by atoms with Crippen LogP contribution in [-0.2, 0) is 28.9 Å². The monoisotopic (exact) mass is 520 g/mol. The highest BCUT2D eigenvalue weighted by Gasteiger charge is 2.30. The lowest BCUT2D eigenvalue weighted by Crippen LogP contribution is -2.26. The van der Waals surface area contributed by atoms with Crippen LogP contribution in [0.5, 0.6) is 0 Å². The number of aryl methyl sites for hydroxylation is 2. The van der Waals surface area contributed by atoms with Crippen LogP contribution in [0.3, 0.4) is 0 Å². The fourth-order valence-corrected chi connectivity index (χ4v) is 5.66. The molecule has 0 saturated heterocycles. The zero-order chi connectivity index (χ0) is 26.5. The van der Waals surface area contributed by atoms with Crippen LogP contribution in [0.25, 0.3) is 0 Å². The SMILES string of the molecule is O=C(O)Cc1ccc(SC(c2ccccc2CCCCCCCCc2ccccc2)C(O)C(=O)O)cc1. The van der Waals surface area contributed by atoms with Gasteiger partial charge in [0.1, 0.15) is 0 Å². The van der Waals surface area contributed by atoms with E-state index in [0.29, 0.717) is 5.56 Å². The number of aliphatic hydroxyl groups excluding tert-OH is 1. The van der Waals surface area contributed by atoms with Gasteiger partial charge in [0.2, 0.25) is 0 Å². The van der Waals surface area contributed by atoms with Gasteiger partial charge >= 0.3 is 11.9 Å². The number of benzene rings is 3. The second-order valence-electron chi connectivity index (χ2n) is 9.34. The van der Waals surface area contributed by atoms with Crippen LogP contribution in [0.15, 0.2) is 83.8 Å². The Kier molecular flexibility index (Phi) is 11.7. The highest BCUT2D eigenvalue weighted by Crippen LogP contribution is 2.40. The van der Waals surface area contributed by atoms with Gasteiger partial charge in [-0.3, -0.25) is 4.79 Å². The molecule has 2 atom stereocenters. The molecule has 0 amide bonds. The molecule has 0 aliphatic carbocycles. The quantitative estimate of drug-likeness (QED) is 0.143. The van der Waals surface area contributed by atoms with Crippen molar-refractivity contribution in [1.29, 1.82) is 0 Å². The largest absolute Gasteiger partial charge is 0.481 e. The first-order valence-corrected chi connectivity index (χ1v) is 13.8. The molecule has 0 aliphatic heterocycles. The summed E-state index contributed by atoms with van der Waals surface area (Å²) in [5.41, 5.74) is 3.96. The second-order valence-corrected chi connectivity index (χ2v) is 10.6. The number of aliphatic hydroxyl groups is 1. The minimum atomic E-state index is -1.56. The molecule has 0 heterocycles. The van der Waals surface area contributed by atoms with Crippen LogP contribution >= 0.6 is 11.8 Å². The molecule has 0 fully saturated rings. The van der Waals surface area contributed by atoms with E-state index < -0.39 is 23.3 Å². The standard InChI is InChI=1S/C31H36O5S/c32-28(33)22-24-18-20-26(21-19-24)37-30(29(34)31(35)36)27-17-11-10-16-25(27)15-9-4-2-1-3-6-12-23-13-7-5-8-14-23/h5,7-8,10-11,13-14,16-21,29-30,34H,1-4,6,9,12,15,22H2,(H,32,33)(H,35,36). The van der Waals surface area contributed by atoms with Crippen LogP contribution in [0.1, 0.15) is 66.0 Å². The first-order chi connectivity index (χ1) is 17.9. The molecule has 3 aromatic rings. The third-order valence-corrected chi connectivity index (χ3v) is 7.76. The number of rotatable bonds is 16. The van der Waals surface area contributed by atoms with Crippen molar-refractivity contribution in [1.82, 2.24) is 0 Å². The molecule has 5 nitrogen and oxygen atoms in total. The van der Waals surface area contributed by atoms with Gasteiger partial charge in [-0.2, -0.15) is 0 Å². The van der Waals surface area contributed by atoms with Gasteiger partial charge in [-0.1, -0.05) is 92.4 Å². The number of unbranched alkanes of at least 4 members (excludes halogenated alkanes) is 5. The Morgan fingerprint density at radius 3 is 1.92 bits per heavy atom. The number of aliphatic carboxylic acids is 2. The molecule has 3 rings (SSSR count). The Hall–Kier alpha value is -3.09. The lowest BCUT2D eigenvalue weighted by molar-refractivity contribution is -0.146. The van der Waals surface area contributed by atoms with Crippen molar-refractivity contribution < 1.29 is 24.9 Å². The van der Waals surface area contributed by atoms with E-state index in [1.165, 1.54) is 43.0 Å². The summed E-state index contributed by atoms with van der Waals surface area (Å²) in [6.07, 6.45) is 7.28. The van der Waals surface area contributed by atoms with Gasteiger partial charge in [0.05, 0.1) is 11.7 Å². The van der Waals surface area contributed by atoms with E-state index in [-0.39, 0.29) is 6.42 Å². The molecule has 0 saturated carbocycles. The molecule has 3 N–H and O–H groups in total. The van der Waals surface area contributed by atoms with Crippen molar-refractivity contribution >= 4 is 23.7 Å². The predicted molar refractivity (Wildman–Crippen MR) is 148 cm³/mol. The molecular weight excluding hydrogens is 484 g/mol. The minimum absolute atomic E-state index is 0.0675. The maximum Gasteiger partial charge on any atom is 0.334 e. The molecule has 0 spiro atoms. The summed E-state index contributed by atoms with van der Waals surface area (Å²) in [6, 6.07) is 25.4. The van der Waals surface area contributed by atoms with Gasteiger partial charge in [0, 0.05) is 4.90 Å². The third kappa shape index (κ3) is 9.71. The Morgan fingerprint density at radius 1 is 0.676 bits per heavy atom. The Labute approximate surface area is 223 Å². The molecule has 0 bridgehead atoms. The van der Waals surface area contributed by atoms with Crippen molar-refractivity contribution in [3.8, 4) is 0 Å². The van der Waals surface area contributed by atoms with Crippen LogP contribution in [-0.4, -0.2) is 33.4 Å². The summed E-state index contributed by atoms with van der Waals surface area (Å²) in [6.45, 7) is 0. The zero-order valence-electron chi connectivity index (χ0n) is 21.1. The summed E-state index contributed by atoms with van der Waals surface area (Å²) in [7, 11) is 0. The van der Waals surface area contributed by atoms with E-state index in [0.717, 1.165) is 41.7 Å². The summed E-state index contributed by atoms with van der Waals surface area (Å²) in [4.78, 5) is 23.5. The van der Waals surface area contributed by atoms with Gasteiger partial charge < -0.3 is 15.3 Å². The fourth-order valence-electron chi connectivity index (χ4n) is 4.47. The topological polar surface area (TPSA) is 94.8 Å². The van der Waals surface area contributed by atoms with Crippen molar-refractivity contribution in [2.24, 2.45) is 0 Å². The molecule has 0 radical (unpaired) electrons. The molecule has 37 heavy (non-hydrogen) atoms. The maximum atomic E-state index is 11.7. The van der Waals surface area contributed by atoms with Crippen molar-refractivity contribution in [2.45, 2.75) is 74.0 Å². The van der Waals surface area contributed by atoms with E-state index in [4.69, 9.17) is 5.11 Å². The fraction of sp³-hybridized carbons (Fsp3) is 0.355. The number of carboxylic acids is 2. The van der Waals surface area contributed by atoms with Gasteiger partial charge in [-0.15, -0.1) is 11.8 Å². The number of carbonyl (C=O) groups is 2. The van der Waals surface area contributed by atoms with Crippen molar-refractivity contribution in [3.05, 3.63) is 101 Å². The lowest BCUT2D eigenvalue weighted by atomic mass is 9.96. The van der Waals surface area contributed by atoms with Crippen molar-refractivity contribution in [3.63, 3.8) is 0 Å². The van der Waals surface area contributed by atoms with E-state index in [1.807, 2.05) is 30.3 Å². The molecule has 0 aromatic heterocycles. The first-order valence-electron chi connectivity index (χ1n) is 12.9. The molecule has 6 heteroatoms. The normalized spacial score (nSPS) is 12.7. The van der Waals surface area contributed by atoms with Gasteiger partial charge in [0.15, 0.2) is 6.10 Å². The Balaban J connectivity index is 1.54. The van der Waals surface area contributed by atoms with Crippen LogP contribution in [0.4, 0.5) is 0 Å². The smallest absolute Gasteiger partial charge is 0.334 e. The van der Waals surface area contributed by atoms with E-state index >= 15 is 0 Å². The van der Waals surface area contributed by atoms with E-state index in [1.54, 1.807) is 24.3 Å². The lowest BCUT2D eigenvalue weighted by Gasteiger charge is -2.23. The Morgan fingerprint density at radius 2 is 1.27 bits per heavy atom. The molecule has 0 aliphatic rings. The number of hydrogen-bond donors (Lipinski definition) is 3. The average molecular weight is 521 g/mol. The average Bonchev–Trinajstić information content (AvgIpc) is 2.90. The van der Waals surface area contributed by atoms with Gasteiger partial charge in [0.25, 0.3) is 0 Å². The van der Waals surface area contributed by atoms with Gasteiger partial charge in [-0.05, 0) is 60.1 Å². The predicted octanol–water partition coefficient (Wildman–Crippen LogP) is 6.72. The van der Waals surface area contributed by atoms with Gasteiger partial charge in [-0.25, -0.2) is 4.79 Å². The first kappa shape index (κ1) is 28.5. The summed E-state index contributed by atoms with van der Waals surface area (Å²) in [5, 5.41) is 28.5. The molecule has 196 valence electrons. The maximum absolute atomic E-state index is 11.7. The van der Waals surface area contributed by atoms with Crippen LogP contribution in [0, 0.1) is 0 Å². The van der Waals surface area contributed by atoms with E-state index in [2.05, 4.69) is 24.3 Å². The highest BCUT2D eigenvalue weighted by molar-refractivity contribution is 7.99. The summed E-state index contributed by atoms with van der Waals surface area (Å²) in [5.74, 6) is -2.16. The molecular formula is C31H36O5S. The van der Waals surface area contributed by atoms with Crippen LogP contribution < -0.4 is 0 Å². The third-order valence-electron chi connectivity index (χ3n) is 6.45. The second kappa shape index (κ2) is 15.2. The molecule has 3 aromatic carbocycles. The minimum Gasteiger partial charge on any atom is -0.481 e. The number of carboxylic acid groups (broad SMARTS) is 2. The summed E-state index contributed by atoms with van der Waals surface area (Å²) < 4.78 is 0. The molecule has 2 unspecified atom stereocenters. The Bertz CT molecular complexity index is 1110. The highest BCUT2D eigenvalue weighted by atomic mass is 32.2. The zero-order valence-corrected chi connectivity index (χ0v) is 21.9. The van der Waals surface area contributed by atoms with Crippen molar-refractivity contribution in [2.75, 3.05) is 0 Å². The van der Waals surface area contributed by atoms with Crippen LogP contribution in [0.2, 0.25) is 0 Å². The summed E-state index contributed by atoms with van der Waals surface area (Å²) >= 11 is 1.29. The van der Waals surface area contributed by atoms with E-state index in [9.17, 15) is 19.8 Å². The number of hydrogen-bond acceptors (Lipinski definition) is 4. The number of thioether (sulfide) groups is 1.